The van der Waals surface area contributed by atoms with Crippen LogP contribution in [0.4, 0.5) is 5.69 Å². The van der Waals surface area contributed by atoms with Gasteiger partial charge in [0.05, 0.1) is 5.25 Å². The lowest BCUT2D eigenvalue weighted by Crippen LogP contribution is -2.22. The first-order valence-corrected chi connectivity index (χ1v) is 8.39. The van der Waals surface area contributed by atoms with Crippen molar-refractivity contribution in [1.82, 2.24) is 0 Å². The molecular formula is C16H21NO2S. The molecule has 0 heterocycles. The molecule has 0 saturated heterocycles. The van der Waals surface area contributed by atoms with Gasteiger partial charge >= 0.3 is 0 Å². The second kappa shape index (κ2) is 5.44. The molecule has 0 aliphatic carbocycles. The summed E-state index contributed by atoms with van der Waals surface area (Å²) in [6.45, 7) is 7.65. The zero-order valence-electron chi connectivity index (χ0n) is 12.3. The van der Waals surface area contributed by atoms with Crippen LogP contribution in [0.5, 0.6) is 0 Å². The Hall–Kier alpha value is -1.55. The van der Waals surface area contributed by atoms with Crippen molar-refractivity contribution in [3.63, 3.8) is 0 Å². The second-order valence-electron chi connectivity index (χ2n) is 5.67. The number of benzene rings is 2. The van der Waals surface area contributed by atoms with Gasteiger partial charge < -0.3 is 0 Å². The van der Waals surface area contributed by atoms with Crippen molar-refractivity contribution in [1.29, 1.82) is 0 Å². The van der Waals surface area contributed by atoms with Gasteiger partial charge in [-0.25, -0.2) is 8.42 Å². The fraction of sp³-hybridized carbons (Fsp3) is 0.375. The van der Waals surface area contributed by atoms with Crippen molar-refractivity contribution >= 4 is 26.5 Å². The normalized spacial score (nSPS) is 12.3. The van der Waals surface area contributed by atoms with Gasteiger partial charge in [0.1, 0.15) is 0 Å². The van der Waals surface area contributed by atoms with Gasteiger partial charge in [-0.1, -0.05) is 38.1 Å². The molecule has 2 aromatic carbocycles. The van der Waals surface area contributed by atoms with Crippen molar-refractivity contribution in [2.45, 2.75) is 38.9 Å². The summed E-state index contributed by atoms with van der Waals surface area (Å²) in [7, 11) is -3.29. The minimum Gasteiger partial charge on any atom is -0.283 e. The number of hydrogen-bond acceptors (Lipinski definition) is 2. The summed E-state index contributed by atoms with van der Waals surface area (Å²) in [6.07, 6.45) is 0. The molecule has 0 unspecified atom stereocenters. The molecule has 0 aliphatic rings. The molecular weight excluding hydrogens is 270 g/mol. The maximum Gasteiger partial charge on any atom is 0.235 e. The molecule has 0 bridgehead atoms. The van der Waals surface area contributed by atoms with Crippen LogP contribution < -0.4 is 4.72 Å². The van der Waals surface area contributed by atoms with Gasteiger partial charge in [-0.15, -0.1) is 0 Å². The van der Waals surface area contributed by atoms with Gasteiger partial charge in [0.2, 0.25) is 10.0 Å². The van der Waals surface area contributed by atoms with Gasteiger partial charge in [-0.3, -0.25) is 4.72 Å². The quantitative estimate of drug-likeness (QED) is 0.921. The molecule has 2 aromatic rings. The first kappa shape index (κ1) is 14.9. The van der Waals surface area contributed by atoms with E-state index in [0.717, 1.165) is 10.8 Å². The average molecular weight is 291 g/mol. The molecule has 0 aliphatic heterocycles. The molecule has 3 nitrogen and oxygen atoms in total. The van der Waals surface area contributed by atoms with Gasteiger partial charge in [-0.2, -0.15) is 0 Å². The van der Waals surface area contributed by atoms with Crippen LogP contribution in [0.3, 0.4) is 0 Å². The first-order valence-electron chi connectivity index (χ1n) is 6.85. The van der Waals surface area contributed by atoms with Gasteiger partial charge in [-0.05, 0) is 48.2 Å². The standard InChI is InChI=1S/C16H21NO2S/c1-11(2)13-5-6-15-10-16(8-7-14(15)9-13)17-20(18,19)12(3)4/h5-12,17H,1-4H3. The van der Waals surface area contributed by atoms with E-state index < -0.39 is 15.3 Å². The van der Waals surface area contributed by atoms with E-state index in [1.807, 2.05) is 24.3 Å². The Labute approximate surface area is 121 Å². The lowest BCUT2D eigenvalue weighted by atomic mass is 9.99. The van der Waals surface area contributed by atoms with Crippen molar-refractivity contribution in [2.24, 2.45) is 0 Å². The molecule has 0 aromatic heterocycles. The minimum absolute atomic E-state index is 0.443. The highest BCUT2D eigenvalue weighted by atomic mass is 32.2. The minimum atomic E-state index is -3.29. The first-order chi connectivity index (χ1) is 9.29. The summed E-state index contributed by atoms with van der Waals surface area (Å²) in [6, 6.07) is 11.9. The predicted octanol–water partition coefficient (Wildman–Crippen LogP) is 4.11. The third-order valence-corrected chi connectivity index (χ3v) is 5.17. The van der Waals surface area contributed by atoms with Crippen molar-refractivity contribution < 1.29 is 8.42 Å². The van der Waals surface area contributed by atoms with Crippen LogP contribution in [-0.2, 0) is 10.0 Å². The van der Waals surface area contributed by atoms with E-state index in [4.69, 9.17) is 0 Å². The number of fused-ring (bicyclic) bond motifs is 1. The van der Waals surface area contributed by atoms with Crippen LogP contribution >= 0.6 is 0 Å². The predicted molar refractivity (Wildman–Crippen MR) is 85.7 cm³/mol. The number of hydrogen-bond donors (Lipinski definition) is 1. The number of rotatable bonds is 4. The maximum absolute atomic E-state index is 11.9. The Morgan fingerprint density at radius 2 is 1.50 bits per heavy atom. The van der Waals surface area contributed by atoms with E-state index in [1.165, 1.54) is 5.56 Å². The van der Waals surface area contributed by atoms with E-state index in [2.05, 4.69) is 30.7 Å². The van der Waals surface area contributed by atoms with Crippen LogP contribution in [-0.4, -0.2) is 13.7 Å². The number of sulfonamides is 1. The maximum atomic E-state index is 11.9. The molecule has 1 N–H and O–H groups in total. The van der Waals surface area contributed by atoms with Crippen molar-refractivity contribution in [2.75, 3.05) is 4.72 Å². The van der Waals surface area contributed by atoms with E-state index in [0.29, 0.717) is 11.6 Å². The average Bonchev–Trinajstić information content (AvgIpc) is 2.37. The zero-order chi connectivity index (χ0) is 14.9. The summed E-state index contributed by atoms with van der Waals surface area (Å²) in [4.78, 5) is 0. The van der Waals surface area contributed by atoms with E-state index in [1.54, 1.807) is 13.8 Å². The second-order valence-corrected chi connectivity index (χ2v) is 7.91. The summed E-state index contributed by atoms with van der Waals surface area (Å²) in [5, 5.41) is 1.73. The summed E-state index contributed by atoms with van der Waals surface area (Å²) in [5.41, 5.74) is 1.90. The molecule has 20 heavy (non-hydrogen) atoms. The van der Waals surface area contributed by atoms with Gasteiger partial charge in [0, 0.05) is 5.69 Å². The SMILES string of the molecule is CC(C)c1ccc2cc(NS(=O)(=O)C(C)C)ccc2c1. The molecule has 0 atom stereocenters. The van der Waals surface area contributed by atoms with Gasteiger partial charge in [0.15, 0.2) is 0 Å². The van der Waals surface area contributed by atoms with Crippen LogP contribution in [0.25, 0.3) is 10.8 Å². The molecule has 0 radical (unpaired) electrons. The van der Waals surface area contributed by atoms with Crippen LogP contribution in [0, 0.1) is 0 Å². The highest BCUT2D eigenvalue weighted by molar-refractivity contribution is 7.93. The third kappa shape index (κ3) is 3.12. The molecule has 0 amide bonds. The molecule has 0 spiro atoms. The number of nitrogens with one attached hydrogen (secondary N) is 1. The molecule has 108 valence electrons. The highest BCUT2D eigenvalue weighted by Gasteiger charge is 2.15. The van der Waals surface area contributed by atoms with Crippen LogP contribution in [0.1, 0.15) is 39.2 Å². The van der Waals surface area contributed by atoms with Crippen LogP contribution in [0.2, 0.25) is 0 Å². The Kier molecular flexibility index (Phi) is 4.04. The van der Waals surface area contributed by atoms with Gasteiger partial charge in [0.25, 0.3) is 0 Å². The van der Waals surface area contributed by atoms with E-state index in [-0.39, 0.29) is 0 Å². The molecule has 2 rings (SSSR count). The Morgan fingerprint density at radius 3 is 2.10 bits per heavy atom. The fourth-order valence-corrected chi connectivity index (χ4v) is 2.66. The molecule has 4 heteroatoms. The van der Waals surface area contributed by atoms with Crippen molar-refractivity contribution in [3.8, 4) is 0 Å². The Morgan fingerprint density at radius 1 is 0.900 bits per heavy atom. The molecule has 0 fully saturated rings. The van der Waals surface area contributed by atoms with Crippen molar-refractivity contribution in [3.05, 3.63) is 42.0 Å². The third-order valence-electron chi connectivity index (χ3n) is 3.41. The Bertz CT molecular complexity index is 718. The Balaban J connectivity index is 2.38. The number of anilines is 1. The lowest BCUT2D eigenvalue weighted by molar-refractivity contribution is 0.593. The molecule has 0 saturated carbocycles. The lowest BCUT2D eigenvalue weighted by Gasteiger charge is -2.12. The van der Waals surface area contributed by atoms with Crippen LogP contribution in [0.15, 0.2) is 36.4 Å². The highest BCUT2D eigenvalue weighted by Crippen LogP contribution is 2.24. The fourth-order valence-electron chi connectivity index (χ4n) is 1.97. The van der Waals surface area contributed by atoms with E-state index in [9.17, 15) is 8.42 Å². The topological polar surface area (TPSA) is 46.2 Å². The monoisotopic (exact) mass is 291 g/mol. The summed E-state index contributed by atoms with van der Waals surface area (Å²) in [5.74, 6) is 0.485. The smallest absolute Gasteiger partial charge is 0.235 e. The van der Waals surface area contributed by atoms with E-state index >= 15 is 0 Å². The summed E-state index contributed by atoms with van der Waals surface area (Å²) < 4.78 is 26.4. The summed E-state index contributed by atoms with van der Waals surface area (Å²) >= 11 is 0. The zero-order valence-corrected chi connectivity index (χ0v) is 13.2. The largest absolute Gasteiger partial charge is 0.283 e.